The van der Waals surface area contributed by atoms with Gasteiger partial charge in [0.05, 0.1) is 17.8 Å². The number of carbonyl (C=O) groups is 1. The van der Waals surface area contributed by atoms with Gasteiger partial charge in [-0.2, -0.15) is 0 Å². The van der Waals surface area contributed by atoms with Crippen molar-refractivity contribution in [1.29, 1.82) is 0 Å². The second-order valence-electron chi connectivity index (χ2n) is 8.48. The maximum atomic E-state index is 15.6. The highest BCUT2D eigenvalue weighted by Gasteiger charge is 2.18. The van der Waals surface area contributed by atoms with Crippen molar-refractivity contribution in [2.75, 3.05) is 18.4 Å². The van der Waals surface area contributed by atoms with E-state index >= 15 is 4.39 Å². The lowest BCUT2D eigenvalue weighted by Gasteiger charge is -2.29. The zero-order valence-corrected chi connectivity index (χ0v) is 18.5. The fourth-order valence-corrected chi connectivity index (χ4v) is 4.17. The number of anilines is 1. The van der Waals surface area contributed by atoms with Crippen molar-refractivity contribution in [3.63, 3.8) is 0 Å². The van der Waals surface area contributed by atoms with E-state index in [1.165, 1.54) is 18.5 Å². The van der Waals surface area contributed by atoms with Crippen LogP contribution in [-0.2, 0) is 6.54 Å². The van der Waals surface area contributed by atoms with E-state index in [0.717, 1.165) is 31.5 Å². The fourth-order valence-electron chi connectivity index (χ4n) is 4.17. The van der Waals surface area contributed by atoms with Crippen molar-refractivity contribution in [3.8, 4) is 11.1 Å². The van der Waals surface area contributed by atoms with Crippen LogP contribution in [0.25, 0.3) is 22.0 Å². The maximum Gasteiger partial charge on any atom is 0.256 e. The van der Waals surface area contributed by atoms with Crippen LogP contribution >= 0.6 is 0 Å². The third-order valence-electron chi connectivity index (χ3n) is 6.04. The molecule has 0 atom stereocenters. The number of halogens is 1. The lowest BCUT2D eigenvalue weighted by atomic mass is 10.0. The minimum absolute atomic E-state index is 0.227. The molecular weight excluding hydrogens is 433 g/mol. The van der Waals surface area contributed by atoms with E-state index in [1.54, 1.807) is 36.7 Å². The van der Waals surface area contributed by atoms with E-state index in [4.69, 9.17) is 0 Å². The molecular formula is C26H24FN5O2. The predicted molar refractivity (Wildman–Crippen MR) is 128 cm³/mol. The van der Waals surface area contributed by atoms with Gasteiger partial charge in [0, 0.05) is 60.3 Å². The highest BCUT2D eigenvalue weighted by Crippen LogP contribution is 2.29. The van der Waals surface area contributed by atoms with Crippen molar-refractivity contribution in [1.82, 2.24) is 19.9 Å². The molecule has 0 radical (unpaired) electrons. The number of nitrogens with one attached hydrogen (secondary N) is 1. The first-order valence-electron chi connectivity index (χ1n) is 11.2. The number of fused-ring (bicyclic) bond motifs is 1. The number of aliphatic hydroxyl groups is 1. The number of nitrogens with zero attached hydrogens (tertiary/aromatic N) is 4. The molecule has 5 rings (SSSR count). The van der Waals surface area contributed by atoms with Crippen molar-refractivity contribution in [3.05, 3.63) is 84.2 Å². The lowest BCUT2D eigenvalue weighted by molar-refractivity contribution is 0.0792. The van der Waals surface area contributed by atoms with Crippen LogP contribution in [0.3, 0.4) is 0 Å². The number of aliphatic hydroxyl groups excluding tert-OH is 1. The number of aromatic nitrogens is 3. The van der Waals surface area contributed by atoms with Crippen LogP contribution in [0.2, 0.25) is 0 Å². The first-order chi connectivity index (χ1) is 16.6. The normalized spacial score (nSPS) is 14.9. The third kappa shape index (κ3) is 4.78. The van der Waals surface area contributed by atoms with E-state index in [-0.39, 0.29) is 23.2 Å². The van der Waals surface area contributed by atoms with Crippen LogP contribution in [0.5, 0.6) is 0 Å². The van der Waals surface area contributed by atoms with Crippen molar-refractivity contribution in [2.24, 2.45) is 0 Å². The Hall–Kier alpha value is -3.75. The minimum atomic E-state index is -0.442. The van der Waals surface area contributed by atoms with Gasteiger partial charge in [-0.25, -0.2) is 9.37 Å². The summed E-state index contributed by atoms with van der Waals surface area (Å²) in [6, 6.07) is 12.2. The summed E-state index contributed by atoms with van der Waals surface area (Å²) in [5.74, 6) is -0.514. The van der Waals surface area contributed by atoms with Gasteiger partial charge in [0.1, 0.15) is 11.6 Å². The Morgan fingerprint density at radius 3 is 2.65 bits per heavy atom. The molecule has 7 nitrogen and oxygen atoms in total. The van der Waals surface area contributed by atoms with Gasteiger partial charge in [0.2, 0.25) is 0 Å². The molecule has 1 saturated heterocycles. The number of benzene rings is 1. The number of hydrogen-bond donors (Lipinski definition) is 2. The molecule has 0 saturated carbocycles. The van der Waals surface area contributed by atoms with Gasteiger partial charge in [-0.1, -0.05) is 18.2 Å². The first kappa shape index (κ1) is 22.1. The Morgan fingerprint density at radius 2 is 1.85 bits per heavy atom. The second-order valence-corrected chi connectivity index (χ2v) is 8.48. The van der Waals surface area contributed by atoms with Gasteiger partial charge in [-0.05, 0) is 42.7 Å². The Morgan fingerprint density at radius 1 is 1.06 bits per heavy atom. The molecule has 172 valence electrons. The van der Waals surface area contributed by atoms with Crippen molar-refractivity contribution < 1.29 is 14.3 Å². The summed E-state index contributed by atoms with van der Waals surface area (Å²) in [5, 5.41) is 12.7. The van der Waals surface area contributed by atoms with E-state index in [9.17, 15) is 9.90 Å². The molecule has 8 heteroatoms. The Kier molecular flexibility index (Phi) is 6.24. The summed E-state index contributed by atoms with van der Waals surface area (Å²) in [6.07, 6.45) is 7.62. The van der Waals surface area contributed by atoms with Gasteiger partial charge in [-0.3, -0.25) is 19.7 Å². The number of pyridine rings is 3. The molecule has 3 aromatic heterocycles. The highest BCUT2D eigenvalue weighted by molar-refractivity contribution is 6.04. The summed E-state index contributed by atoms with van der Waals surface area (Å²) in [6.45, 7) is 2.33. The number of carbonyl (C=O) groups excluding carboxylic acids is 1. The largest absolute Gasteiger partial charge is 0.393 e. The molecule has 4 heterocycles. The van der Waals surface area contributed by atoms with E-state index in [0.29, 0.717) is 28.8 Å². The van der Waals surface area contributed by atoms with Crippen LogP contribution in [0.4, 0.5) is 10.2 Å². The molecule has 0 bridgehead atoms. The van der Waals surface area contributed by atoms with Crippen LogP contribution in [-0.4, -0.2) is 50.1 Å². The molecule has 1 aliphatic heterocycles. The maximum absolute atomic E-state index is 15.6. The first-order valence-corrected chi connectivity index (χ1v) is 11.2. The van der Waals surface area contributed by atoms with Gasteiger partial charge in [0.25, 0.3) is 5.91 Å². The van der Waals surface area contributed by atoms with Gasteiger partial charge in [0.15, 0.2) is 0 Å². The standard InChI is InChI=1S/C26H24FN5O2/c27-25-21-11-24(31-26(34)18-4-2-1-3-5-18)30-15-23(21)29-14-22(25)19-10-17(12-28-13-19)16-32-8-6-20(33)7-9-32/h1-5,10-15,20,33H,6-9,16H2,(H,30,31,34). The molecule has 1 aliphatic rings. The van der Waals surface area contributed by atoms with Crippen LogP contribution in [0.1, 0.15) is 28.8 Å². The molecule has 0 unspecified atom stereocenters. The molecule has 1 amide bonds. The van der Waals surface area contributed by atoms with Crippen LogP contribution in [0.15, 0.2) is 67.3 Å². The summed E-state index contributed by atoms with van der Waals surface area (Å²) in [4.78, 5) is 27.6. The van der Waals surface area contributed by atoms with E-state index in [2.05, 4.69) is 25.2 Å². The molecule has 2 N–H and O–H groups in total. The number of amides is 1. The highest BCUT2D eigenvalue weighted by atomic mass is 19.1. The number of hydrogen-bond acceptors (Lipinski definition) is 6. The molecule has 0 aliphatic carbocycles. The minimum Gasteiger partial charge on any atom is -0.393 e. The molecule has 0 spiro atoms. The number of piperidine rings is 1. The topological polar surface area (TPSA) is 91.2 Å². The Balaban J connectivity index is 1.40. The van der Waals surface area contributed by atoms with Crippen LogP contribution < -0.4 is 5.32 Å². The summed E-state index contributed by atoms with van der Waals surface area (Å²) < 4.78 is 15.6. The second kappa shape index (κ2) is 9.62. The summed E-state index contributed by atoms with van der Waals surface area (Å²) in [5.41, 5.74) is 2.83. The van der Waals surface area contributed by atoms with E-state index < -0.39 is 5.82 Å². The van der Waals surface area contributed by atoms with Crippen molar-refractivity contribution in [2.45, 2.75) is 25.5 Å². The molecule has 34 heavy (non-hydrogen) atoms. The Bertz CT molecular complexity index is 1320. The van der Waals surface area contributed by atoms with E-state index in [1.807, 2.05) is 12.1 Å². The Labute approximate surface area is 196 Å². The monoisotopic (exact) mass is 457 g/mol. The molecule has 1 aromatic carbocycles. The zero-order chi connectivity index (χ0) is 23.5. The molecule has 1 fully saturated rings. The lowest BCUT2D eigenvalue weighted by Crippen LogP contribution is -2.35. The quantitative estimate of drug-likeness (QED) is 0.470. The average molecular weight is 458 g/mol. The predicted octanol–water partition coefficient (Wildman–Crippen LogP) is 4.04. The van der Waals surface area contributed by atoms with Gasteiger partial charge in [-0.15, -0.1) is 0 Å². The fraction of sp³-hybridized carbons (Fsp3) is 0.231. The smallest absolute Gasteiger partial charge is 0.256 e. The van der Waals surface area contributed by atoms with Crippen LogP contribution in [0, 0.1) is 5.82 Å². The summed E-state index contributed by atoms with van der Waals surface area (Å²) in [7, 11) is 0. The average Bonchev–Trinajstić information content (AvgIpc) is 2.87. The van der Waals surface area contributed by atoms with Gasteiger partial charge < -0.3 is 10.4 Å². The number of likely N-dealkylation sites (tertiary alicyclic amines) is 1. The zero-order valence-electron chi connectivity index (χ0n) is 18.5. The third-order valence-corrected chi connectivity index (χ3v) is 6.04. The molecule has 4 aromatic rings. The van der Waals surface area contributed by atoms with Crippen molar-refractivity contribution >= 4 is 22.6 Å². The number of rotatable bonds is 5. The van der Waals surface area contributed by atoms with Gasteiger partial charge >= 0.3 is 0 Å². The summed E-state index contributed by atoms with van der Waals surface area (Å²) >= 11 is 0. The SMILES string of the molecule is O=C(Nc1cc2c(F)c(-c3cncc(CN4CCC(O)CC4)c3)cnc2cn1)c1ccccc1.